The lowest BCUT2D eigenvalue weighted by Crippen LogP contribution is -2.35. The summed E-state index contributed by atoms with van der Waals surface area (Å²) in [6.07, 6.45) is -12.0. The molecule has 0 unspecified atom stereocenters. The van der Waals surface area contributed by atoms with E-state index < -0.39 is 52.6 Å². The number of nitrogens with zero attached hydrogens (tertiary/aromatic N) is 1. The highest BCUT2D eigenvalue weighted by Crippen LogP contribution is 2.47. The molecule has 1 aliphatic rings. The van der Waals surface area contributed by atoms with Gasteiger partial charge < -0.3 is 18.8 Å². The van der Waals surface area contributed by atoms with Gasteiger partial charge in [-0.25, -0.2) is 4.79 Å². The number of carbonyl (C=O) groups is 1. The van der Waals surface area contributed by atoms with Crippen molar-refractivity contribution in [3.8, 4) is 11.5 Å². The number of halogens is 6. The van der Waals surface area contributed by atoms with Crippen molar-refractivity contribution in [3.05, 3.63) is 92.4 Å². The molecular weight excluding hydrogens is 532 g/mol. The Bertz CT molecular complexity index is 1440. The van der Waals surface area contributed by atoms with Gasteiger partial charge in [-0.1, -0.05) is 18.2 Å². The first kappa shape index (κ1) is 28.1. The zero-order valence-electron chi connectivity index (χ0n) is 20.9. The predicted molar refractivity (Wildman–Crippen MR) is 127 cm³/mol. The van der Waals surface area contributed by atoms with Crippen molar-refractivity contribution in [2.45, 2.75) is 44.8 Å². The molecule has 0 N–H and O–H groups in total. The second-order valence-electron chi connectivity index (χ2n) is 8.87. The molecule has 0 aliphatic carbocycles. The molecular formula is C27H23F6NO5. The number of pyridine rings is 1. The van der Waals surface area contributed by atoms with Crippen LogP contribution in [0.2, 0.25) is 0 Å². The molecule has 0 bridgehead atoms. The van der Waals surface area contributed by atoms with E-state index in [2.05, 4.69) is 0 Å². The van der Waals surface area contributed by atoms with Crippen molar-refractivity contribution in [2.24, 2.45) is 0 Å². The Hall–Kier alpha value is -3.96. The van der Waals surface area contributed by atoms with E-state index in [9.17, 15) is 35.9 Å². The largest absolute Gasteiger partial charge is 0.497 e. The van der Waals surface area contributed by atoms with E-state index in [1.807, 2.05) is 0 Å². The smallest absolute Gasteiger partial charge is 0.416 e. The Balaban J connectivity index is 1.92. The van der Waals surface area contributed by atoms with Crippen LogP contribution in [0.4, 0.5) is 26.3 Å². The topological polar surface area (TPSA) is 66.8 Å². The van der Waals surface area contributed by atoms with E-state index in [0.717, 1.165) is 0 Å². The minimum absolute atomic E-state index is 0.0257. The lowest BCUT2D eigenvalue weighted by Gasteiger charge is -2.23. The van der Waals surface area contributed by atoms with Gasteiger partial charge >= 0.3 is 18.3 Å². The maximum atomic E-state index is 14.1. The fourth-order valence-electron chi connectivity index (χ4n) is 4.58. The van der Waals surface area contributed by atoms with Gasteiger partial charge in [0.25, 0.3) is 5.56 Å². The molecule has 0 saturated heterocycles. The molecule has 3 aromatic rings. The van der Waals surface area contributed by atoms with Crippen molar-refractivity contribution >= 4 is 5.97 Å². The van der Waals surface area contributed by atoms with Crippen molar-refractivity contribution in [2.75, 3.05) is 13.7 Å². The first-order valence-corrected chi connectivity index (χ1v) is 11.7. The van der Waals surface area contributed by atoms with Gasteiger partial charge in [0.15, 0.2) is 0 Å². The Labute approximate surface area is 218 Å². The highest BCUT2D eigenvalue weighted by molar-refractivity contribution is 5.79. The van der Waals surface area contributed by atoms with Crippen LogP contribution in [0.25, 0.3) is 0 Å². The maximum Gasteiger partial charge on any atom is 0.416 e. The zero-order chi connectivity index (χ0) is 28.7. The number of carbonyl (C=O) groups excluding carboxylic acids is 1. The molecule has 208 valence electrons. The number of esters is 1. The van der Waals surface area contributed by atoms with Crippen LogP contribution in [0.1, 0.15) is 46.4 Å². The summed E-state index contributed by atoms with van der Waals surface area (Å²) in [5.74, 6) is -2.29. The van der Waals surface area contributed by atoms with Gasteiger partial charge in [-0.3, -0.25) is 4.79 Å². The van der Waals surface area contributed by atoms with Crippen LogP contribution in [-0.4, -0.2) is 30.4 Å². The van der Waals surface area contributed by atoms with Crippen molar-refractivity contribution in [1.29, 1.82) is 0 Å². The van der Waals surface area contributed by atoms with E-state index in [0.29, 0.717) is 29.1 Å². The number of rotatable bonds is 6. The number of benzene rings is 2. The highest BCUT2D eigenvalue weighted by atomic mass is 19.4. The molecule has 2 heterocycles. The molecule has 6 nitrogen and oxygen atoms in total. The lowest BCUT2D eigenvalue weighted by molar-refractivity contribution is -0.152. The Kier molecular flexibility index (Phi) is 7.42. The van der Waals surface area contributed by atoms with Crippen molar-refractivity contribution in [3.63, 3.8) is 0 Å². The molecule has 0 amide bonds. The number of fused-ring (bicyclic) bond motifs is 1. The summed E-state index contributed by atoms with van der Waals surface area (Å²) in [6.45, 7) is 2.94. The second-order valence-corrected chi connectivity index (χ2v) is 8.87. The van der Waals surface area contributed by atoms with Gasteiger partial charge in [0.2, 0.25) is 6.10 Å². The monoisotopic (exact) mass is 555 g/mol. The lowest BCUT2D eigenvalue weighted by atomic mass is 9.84. The van der Waals surface area contributed by atoms with Crippen LogP contribution in [0, 0.1) is 6.92 Å². The third-order valence-electron chi connectivity index (χ3n) is 6.41. The second kappa shape index (κ2) is 10.3. The molecule has 39 heavy (non-hydrogen) atoms. The van der Waals surface area contributed by atoms with E-state index in [-0.39, 0.29) is 30.5 Å². The van der Waals surface area contributed by atoms with Gasteiger partial charge in [-0.2, -0.15) is 26.3 Å². The number of hydrogen-bond acceptors (Lipinski definition) is 5. The molecule has 0 saturated carbocycles. The van der Waals surface area contributed by atoms with Crippen LogP contribution in [0.5, 0.6) is 11.5 Å². The van der Waals surface area contributed by atoms with Gasteiger partial charge in [0, 0.05) is 11.8 Å². The summed E-state index contributed by atoms with van der Waals surface area (Å²) in [5, 5.41) is 0. The highest BCUT2D eigenvalue weighted by Gasteiger charge is 2.48. The molecule has 2 aromatic carbocycles. The van der Waals surface area contributed by atoms with Crippen LogP contribution in [0.3, 0.4) is 0 Å². The quantitative estimate of drug-likeness (QED) is 0.288. The minimum Gasteiger partial charge on any atom is -0.497 e. The summed E-state index contributed by atoms with van der Waals surface area (Å²) in [5.41, 5.74) is -3.82. The average molecular weight is 555 g/mol. The standard InChI is InChI=1S/C27H23F6NO5/c1-4-38-25(36)23-21(18-10-7-16(26(28,29)30)12-19(18)27(31,32)33)22-20(39-23)11-14(2)34(24(22)35)13-15-5-8-17(37-3)9-6-15/h5-12,21,23H,4,13H2,1-3H3/t21-,23-/m1/s1. The first-order valence-electron chi connectivity index (χ1n) is 11.7. The number of aromatic nitrogens is 1. The van der Waals surface area contributed by atoms with E-state index >= 15 is 0 Å². The Morgan fingerprint density at radius 2 is 1.67 bits per heavy atom. The number of methoxy groups -OCH3 is 1. The van der Waals surface area contributed by atoms with Gasteiger partial charge in [0.1, 0.15) is 11.5 Å². The predicted octanol–water partition coefficient (Wildman–Crippen LogP) is 5.71. The van der Waals surface area contributed by atoms with Gasteiger partial charge in [-0.05, 0) is 49.2 Å². The zero-order valence-corrected chi connectivity index (χ0v) is 20.9. The summed E-state index contributed by atoms with van der Waals surface area (Å²) in [7, 11) is 1.49. The molecule has 1 aromatic heterocycles. The van der Waals surface area contributed by atoms with Crippen LogP contribution >= 0.6 is 0 Å². The maximum absolute atomic E-state index is 14.1. The first-order chi connectivity index (χ1) is 18.3. The molecule has 0 radical (unpaired) electrons. The van der Waals surface area contributed by atoms with E-state index in [4.69, 9.17) is 14.2 Å². The Morgan fingerprint density at radius 3 is 2.23 bits per heavy atom. The summed E-state index contributed by atoms with van der Waals surface area (Å²) in [4.78, 5) is 26.5. The average Bonchev–Trinajstić information content (AvgIpc) is 3.25. The molecule has 2 atom stereocenters. The number of hydrogen-bond donors (Lipinski definition) is 0. The van der Waals surface area contributed by atoms with E-state index in [1.165, 1.54) is 24.7 Å². The van der Waals surface area contributed by atoms with Gasteiger partial charge in [0.05, 0.1) is 42.9 Å². The van der Waals surface area contributed by atoms with Crippen molar-refractivity contribution in [1.82, 2.24) is 4.57 Å². The summed E-state index contributed by atoms with van der Waals surface area (Å²) in [6, 6.07) is 9.23. The third kappa shape index (κ3) is 5.45. The molecule has 4 rings (SSSR count). The van der Waals surface area contributed by atoms with Crippen LogP contribution in [0.15, 0.2) is 53.3 Å². The fraction of sp³-hybridized carbons (Fsp3) is 0.333. The van der Waals surface area contributed by atoms with Gasteiger partial charge in [-0.15, -0.1) is 0 Å². The summed E-state index contributed by atoms with van der Waals surface area (Å²) < 4.78 is 99.2. The Morgan fingerprint density at radius 1 is 1.00 bits per heavy atom. The molecule has 1 aliphatic heterocycles. The van der Waals surface area contributed by atoms with E-state index in [1.54, 1.807) is 31.2 Å². The number of ether oxygens (including phenoxy) is 3. The SMILES string of the molecule is CCOC(=O)[C@@H]1Oc2cc(C)n(Cc3ccc(OC)cc3)c(=O)c2[C@H]1c1ccc(C(F)(F)F)cc1C(F)(F)F. The van der Waals surface area contributed by atoms with Crippen LogP contribution in [-0.2, 0) is 28.4 Å². The fourth-order valence-corrected chi connectivity index (χ4v) is 4.58. The third-order valence-corrected chi connectivity index (χ3v) is 6.41. The van der Waals surface area contributed by atoms with Crippen molar-refractivity contribution < 1.29 is 45.3 Å². The molecule has 12 heteroatoms. The normalized spacial score (nSPS) is 16.9. The summed E-state index contributed by atoms with van der Waals surface area (Å²) >= 11 is 0. The minimum atomic E-state index is -5.23. The number of alkyl halides is 6. The molecule has 0 spiro atoms. The van der Waals surface area contributed by atoms with Crippen LogP contribution < -0.4 is 15.0 Å². The number of aryl methyl sites for hydroxylation is 1. The molecule has 0 fully saturated rings.